The second-order valence-electron chi connectivity index (χ2n) is 9.36. The topological polar surface area (TPSA) is 62.3 Å². The number of morpholine rings is 1. The van der Waals surface area contributed by atoms with Crippen molar-refractivity contribution in [2.75, 3.05) is 39.4 Å². The number of nitrogens with zero attached hydrogens (tertiary/aromatic N) is 3. The average molecular weight is 474 g/mol. The van der Waals surface area contributed by atoms with E-state index in [4.69, 9.17) is 21.1 Å². The van der Waals surface area contributed by atoms with Gasteiger partial charge in [-0.25, -0.2) is 9.18 Å². The van der Waals surface area contributed by atoms with Gasteiger partial charge in [0.2, 0.25) is 0 Å². The SMILES string of the molecule is CC(C)(C)OC(=O)N1C[C@](F)(CN2CCOCC2)C[C@H]1C(=O)N(F)Cc1cccc(Cl)c1. The van der Waals surface area contributed by atoms with Gasteiger partial charge in [0.05, 0.1) is 26.3 Å². The number of hydrogen-bond donors (Lipinski definition) is 0. The minimum Gasteiger partial charge on any atom is -0.444 e. The first kappa shape index (κ1) is 24.7. The van der Waals surface area contributed by atoms with Crippen LogP contribution >= 0.6 is 11.6 Å². The first-order valence-corrected chi connectivity index (χ1v) is 11.0. The summed E-state index contributed by atoms with van der Waals surface area (Å²) in [5, 5.41) is 0.418. The number of carbonyl (C=O) groups is 2. The van der Waals surface area contributed by atoms with Crippen molar-refractivity contribution in [2.45, 2.75) is 51.0 Å². The molecule has 2 aliphatic heterocycles. The molecule has 0 N–H and O–H groups in total. The standard InChI is InChI=1S/C22H30ClF2N3O4/c1-21(2,3)32-20(30)27-15-22(24,14-26-7-9-31-10-8-26)12-18(27)19(29)28(25)13-16-5-4-6-17(23)11-16/h4-6,11,18H,7-10,12-15H2,1-3H3/t18-,22+/m0/s1. The van der Waals surface area contributed by atoms with Gasteiger partial charge in [0, 0.05) is 31.1 Å². The second kappa shape index (κ2) is 9.89. The molecular weight excluding hydrogens is 444 g/mol. The lowest BCUT2D eigenvalue weighted by atomic mass is 10.0. The van der Waals surface area contributed by atoms with Crippen molar-refractivity contribution in [3.05, 3.63) is 34.9 Å². The molecule has 0 aliphatic carbocycles. The summed E-state index contributed by atoms with van der Waals surface area (Å²) < 4.78 is 41.4. The Kier molecular flexibility index (Phi) is 7.62. The summed E-state index contributed by atoms with van der Waals surface area (Å²) in [6.07, 6.45) is -1.15. The number of halogens is 3. The Morgan fingerprint density at radius 1 is 1.31 bits per heavy atom. The van der Waals surface area contributed by atoms with Crippen molar-refractivity contribution in [1.29, 1.82) is 0 Å². The molecular formula is C22H30ClF2N3O4. The maximum absolute atomic E-state index is 15.9. The molecule has 2 heterocycles. The Hall–Kier alpha value is -1.97. The molecule has 7 nitrogen and oxygen atoms in total. The Bertz CT molecular complexity index is 832. The summed E-state index contributed by atoms with van der Waals surface area (Å²) >= 11 is 5.93. The molecule has 2 atom stereocenters. The lowest BCUT2D eigenvalue weighted by Crippen LogP contribution is -2.48. The van der Waals surface area contributed by atoms with Crippen LogP contribution in [0.5, 0.6) is 0 Å². The van der Waals surface area contributed by atoms with E-state index < -0.39 is 29.3 Å². The van der Waals surface area contributed by atoms with Gasteiger partial charge in [-0.05, 0) is 38.5 Å². The molecule has 2 saturated heterocycles. The molecule has 10 heteroatoms. The highest BCUT2D eigenvalue weighted by Crippen LogP contribution is 2.34. The van der Waals surface area contributed by atoms with E-state index in [-0.39, 0.29) is 31.2 Å². The molecule has 2 amide bonds. The third kappa shape index (κ3) is 6.52. The van der Waals surface area contributed by atoms with E-state index >= 15 is 4.39 Å². The summed E-state index contributed by atoms with van der Waals surface area (Å²) in [6, 6.07) is 5.15. The first-order valence-electron chi connectivity index (χ1n) is 10.7. The highest BCUT2D eigenvalue weighted by Gasteiger charge is 2.52. The molecule has 0 bridgehead atoms. The maximum atomic E-state index is 15.9. The van der Waals surface area contributed by atoms with Crippen LogP contribution in [0.15, 0.2) is 24.3 Å². The molecule has 0 aromatic heterocycles. The maximum Gasteiger partial charge on any atom is 0.411 e. The van der Waals surface area contributed by atoms with Crippen LogP contribution in [0.25, 0.3) is 0 Å². The minimum atomic E-state index is -1.87. The predicted octanol–water partition coefficient (Wildman–Crippen LogP) is 3.60. The monoisotopic (exact) mass is 473 g/mol. The Morgan fingerprint density at radius 2 is 2.00 bits per heavy atom. The van der Waals surface area contributed by atoms with Gasteiger partial charge in [0.15, 0.2) is 0 Å². The van der Waals surface area contributed by atoms with Crippen LogP contribution in [-0.2, 0) is 20.8 Å². The van der Waals surface area contributed by atoms with Gasteiger partial charge in [-0.3, -0.25) is 14.6 Å². The fourth-order valence-corrected chi connectivity index (χ4v) is 4.19. The number of benzene rings is 1. The van der Waals surface area contributed by atoms with Gasteiger partial charge in [0.1, 0.15) is 17.3 Å². The molecule has 1 aromatic rings. The largest absolute Gasteiger partial charge is 0.444 e. The van der Waals surface area contributed by atoms with E-state index in [9.17, 15) is 14.1 Å². The summed E-state index contributed by atoms with van der Waals surface area (Å²) in [7, 11) is 0. The van der Waals surface area contributed by atoms with Gasteiger partial charge in [0.25, 0.3) is 5.91 Å². The molecule has 1 aromatic carbocycles. The molecule has 2 aliphatic rings. The van der Waals surface area contributed by atoms with Crippen LogP contribution in [-0.4, -0.2) is 83.6 Å². The fraction of sp³-hybridized carbons (Fsp3) is 0.636. The molecule has 0 radical (unpaired) electrons. The molecule has 0 spiro atoms. The fourth-order valence-electron chi connectivity index (χ4n) is 3.98. The predicted molar refractivity (Wildman–Crippen MR) is 116 cm³/mol. The van der Waals surface area contributed by atoms with Crippen molar-refractivity contribution in [3.63, 3.8) is 0 Å². The smallest absolute Gasteiger partial charge is 0.411 e. The summed E-state index contributed by atoms with van der Waals surface area (Å²) in [4.78, 5) is 28.6. The lowest BCUT2D eigenvalue weighted by molar-refractivity contribution is -0.153. The number of alkyl halides is 1. The Morgan fingerprint density at radius 3 is 2.62 bits per heavy atom. The van der Waals surface area contributed by atoms with E-state index in [0.717, 1.165) is 4.90 Å². The first-order chi connectivity index (χ1) is 15.0. The van der Waals surface area contributed by atoms with Crippen molar-refractivity contribution >= 4 is 23.6 Å². The normalized spacial score (nSPS) is 24.4. The van der Waals surface area contributed by atoms with E-state index in [1.165, 1.54) is 0 Å². The van der Waals surface area contributed by atoms with Crippen LogP contribution in [0.3, 0.4) is 0 Å². The third-order valence-corrected chi connectivity index (χ3v) is 5.60. The van der Waals surface area contributed by atoms with Crippen molar-refractivity contribution in [1.82, 2.24) is 14.9 Å². The molecule has 0 saturated carbocycles. The van der Waals surface area contributed by atoms with E-state index in [1.807, 2.05) is 4.90 Å². The van der Waals surface area contributed by atoms with Crippen LogP contribution < -0.4 is 0 Å². The number of hydrogen-bond acceptors (Lipinski definition) is 5. The van der Waals surface area contributed by atoms with E-state index in [1.54, 1.807) is 45.0 Å². The highest BCUT2D eigenvalue weighted by atomic mass is 35.5. The number of carbonyl (C=O) groups excluding carboxylic acids is 2. The van der Waals surface area contributed by atoms with Crippen molar-refractivity contribution < 1.29 is 27.9 Å². The molecule has 32 heavy (non-hydrogen) atoms. The van der Waals surface area contributed by atoms with Crippen LogP contribution in [0.4, 0.5) is 13.7 Å². The van der Waals surface area contributed by atoms with Gasteiger partial charge in [-0.2, -0.15) is 5.12 Å². The zero-order chi connectivity index (χ0) is 23.5. The number of likely N-dealkylation sites (tertiary alicyclic amines) is 1. The Labute approximate surface area is 192 Å². The molecule has 0 unspecified atom stereocenters. The van der Waals surface area contributed by atoms with E-state index in [2.05, 4.69) is 0 Å². The number of amides is 2. The summed E-state index contributed by atoms with van der Waals surface area (Å²) in [5.74, 6) is -0.989. The van der Waals surface area contributed by atoms with Crippen LogP contribution in [0.2, 0.25) is 5.02 Å². The number of ether oxygens (including phenoxy) is 2. The number of rotatable bonds is 5. The van der Waals surface area contributed by atoms with Gasteiger partial charge in [-0.15, -0.1) is 0 Å². The minimum absolute atomic E-state index is 0.00811. The van der Waals surface area contributed by atoms with Gasteiger partial charge in [-0.1, -0.05) is 28.2 Å². The zero-order valence-electron chi connectivity index (χ0n) is 18.7. The third-order valence-electron chi connectivity index (χ3n) is 5.36. The zero-order valence-corrected chi connectivity index (χ0v) is 19.4. The summed E-state index contributed by atoms with van der Waals surface area (Å²) in [6.45, 7) is 6.44. The van der Waals surface area contributed by atoms with Gasteiger partial charge >= 0.3 is 6.09 Å². The van der Waals surface area contributed by atoms with Gasteiger partial charge < -0.3 is 9.47 Å². The molecule has 2 fully saturated rings. The summed E-state index contributed by atoms with van der Waals surface area (Å²) in [5.41, 5.74) is -2.23. The molecule has 178 valence electrons. The average Bonchev–Trinajstić information content (AvgIpc) is 3.04. The van der Waals surface area contributed by atoms with Crippen LogP contribution in [0, 0.1) is 0 Å². The van der Waals surface area contributed by atoms with Crippen molar-refractivity contribution in [2.24, 2.45) is 0 Å². The van der Waals surface area contributed by atoms with Crippen LogP contribution in [0.1, 0.15) is 32.8 Å². The van der Waals surface area contributed by atoms with E-state index in [0.29, 0.717) is 36.9 Å². The van der Waals surface area contributed by atoms with Crippen molar-refractivity contribution in [3.8, 4) is 0 Å². The molecule has 3 rings (SSSR count). The Balaban J connectivity index is 1.76. The highest BCUT2D eigenvalue weighted by molar-refractivity contribution is 6.30. The quantitative estimate of drug-likeness (QED) is 0.611. The lowest BCUT2D eigenvalue weighted by Gasteiger charge is -2.32. The second-order valence-corrected chi connectivity index (χ2v) is 9.79.